The molecule has 3 atom stereocenters. The predicted molar refractivity (Wildman–Crippen MR) is 184 cm³/mol. The fourth-order valence-electron chi connectivity index (χ4n) is 7.32. The maximum absolute atomic E-state index is 13.8. The molecule has 4 heterocycles. The number of likely N-dealkylation sites (tertiary alicyclic amines) is 2. The van der Waals surface area contributed by atoms with Gasteiger partial charge >= 0.3 is 5.97 Å². The van der Waals surface area contributed by atoms with Crippen molar-refractivity contribution in [3.05, 3.63) is 57.7 Å². The standard InChI is InChI=1S/C36H48N6O4S/c1-36(2,3)26-8-9-28-25(19-26)20-30-33(39-28)47-34(40-30)32(44)38-29(13-17-42-15-10-22(11-16-42)35(45)46)23-6-5-7-24(18-23)31(43)37-27-12-14-41(4)21-27/h5-7,18,20,22,26-27,29H,8-17,19,21H2,1-4H3,(H,37,43)(H,38,44)(H,45,46)/t26-,27?,29?/m0/s1. The van der Waals surface area contributed by atoms with Crippen LogP contribution in [0.25, 0.3) is 10.3 Å². The number of hydrogen-bond donors (Lipinski definition) is 3. The first-order valence-corrected chi connectivity index (χ1v) is 17.9. The summed E-state index contributed by atoms with van der Waals surface area (Å²) in [6.07, 6.45) is 5.83. The number of carbonyl (C=O) groups is 3. The Kier molecular flexibility index (Phi) is 9.96. The maximum Gasteiger partial charge on any atom is 0.306 e. The monoisotopic (exact) mass is 660 g/mol. The molecule has 10 nitrogen and oxygen atoms in total. The zero-order valence-corrected chi connectivity index (χ0v) is 28.9. The summed E-state index contributed by atoms with van der Waals surface area (Å²) in [6, 6.07) is 9.43. The van der Waals surface area contributed by atoms with Crippen molar-refractivity contribution < 1.29 is 19.5 Å². The molecular weight excluding hydrogens is 613 g/mol. The Hall–Kier alpha value is -3.41. The van der Waals surface area contributed by atoms with E-state index in [-0.39, 0.29) is 35.2 Å². The Morgan fingerprint density at radius 1 is 1.04 bits per heavy atom. The Labute approximate surface area is 281 Å². The smallest absolute Gasteiger partial charge is 0.306 e. The van der Waals surface area contributed by atoms with Gasteiger partial charge in [-0.15, -0.1) is 0 Å². The van der Waals surface area contributed by atoms with Crippen molar-refractivity contribution in [3.8, 4) is 0 Å². The zero-order valence-electron chi connectivity index (χ0n) is 28.1. The van der Waals surface area contributed by atoms with E-state index in [9.17, 15) is 19.5 Å². The van der Waals surface area contributed by atoms with Crippen LogP contribution in [-0.4, -0.2) is 88.5 Å². The van der Waals surface area contributed by atoms with Crippen molar-refractivity contribution >= 4 is 39.5 Å². The molecular formula is C36H48N6O4S. The lowest BCUT2D eigenvalue weighted by Gasteiger charge is -2.34. The van der Waals surface area contributed by atoms with Gasteiger partial charge in [0.2, 0.25) is 0 Å². The number of amides is 2. The third-order valence-corrected chi connectivity index (χ3v) is 11.4. The van der Waals surface area contributed by atoms with E-state index in [1.54, 1.807) is 0 Å². The van der Waals surface area contributed by atoms with Crippen LogP contribution in [-0.2, 0) is 17.6 Å². The largest absolute Gasteiger partial charge is 0.481 e. The van der Waals surface area contributed by atoms with Crippen molar-refractivity contribution in [3.63, 3.8) is 0 Å². The van der Waals surface area contributed by atoms with Crippen molar-refractivity contribution in [2.75, 3.05) is 39.8 Å². The van der Waals surface area contributed by atoms with Gasteiger partial charge in [0.1, 0.15) is 10.3 Å². The summed E-state index contributed by atoms with van der Waals surface area (Å²) in [5.41, 5.74) is 4.79. The lowest BCUT2D eigenvalue weighted by molar-refractivity contribution is -0.143. The van der Waals surface area contributed by atoms with Gasteiger partial charge in [0, 0.05) is 30.4 Å². The molecule has 3 N–H and O–H groups in total. The number of aliphatic carboxylic acids is 1. The number of thiazole rings is 1. The summed E-state index contributed by atoms with van der Waals surface area (Å²) < 4.78 is 0. The van der Waals surface area contributed by atoms with Gasteiger partial charge in [0.05, 0.1) is 12.0 Å². The molecule has 2 aliphatic heterocycles. The molecule has 2 unspecified atom stereocenters. The summed E-state index contributed by atoms with van der Waals surface area (Å²) >= 11 is 1.33. The lowest BCUT2D eigenvalue weighted by atomic mass is 9.71. The normalized spacial score (nSPS) is 21.8. The van der Waals surface area contributed by atoms with Gasteiger partial charge in [-0.1, -0.05) is 44.2 Å². The molecule has 47 heavy (non-hydrogen) atoms. The van der Waals surface area contributed by atoms with E-state index in [2.05, 4.69) is 54.3 Å². The lowest BCUT2D eigenvalue weighted by Crippen LogP contribution is -2.39. The minimum atomic E-state index is -0.727. The second-order valence-corrected chi connectivity index (χ2v) is 15.8. The van der Waals surface area contributed by atoms with Crippen molar-refractivity contribution in [2.24, 2.45) is 17.3 Å². The Bertz CT molecular complexity index is 1630. The van der Waals surface area contributed by atoms with E-state index < -0.39 is 5.97 Å². The van der Waals surface area contributed by atoms with Crippen molar-refractivity contribution in [1.29, 1.82) is 0 Å². The number of pyridine rings is 1. The molecule has 3 aliphatic rings. The highest BCUT2D eigenvalue weighted by molar-refractivity contribution is 7.19. The molecule has 2 aromatic heterocycles. The Morgan fingerprint density at radius 3 is 2.53 bits per heavy atom. The average Bonchev–Trinajstić information content (AvgIpc) is 3.66. The van der Waals surface area contributed by atoms with E-state index in [1.807, 2.05) is 24.3 Å². The molecule has 0 spiro atoms. The van der Waals surface area contributed by atoms with Gasteiger partial charge in [-0.2, -0.15) is 0 Å². The summed E-state index contributed by atoms with van der Waals surface area (Å²) in [7, 11) is 2.06. The third kappa shape index (κ3) is 8.01. The molecule has 1 aliphatic carbocycles. The molecule has 2 saturated heterocycles. The highest BCUT2D eigenvalue weighted by Crippen LogP contribution is 2.38. The summed E-state index contributed by atoms with van der Waals surface area (Å²) in [5, 5.41) is 16.2. The van der Waals surface area contributed by atoms with Crippen LogP contribution in [0.3, 0.4) is 0 Å². The SMILES string of the molecule is CN1CCC(NC(=O)c2cccc(C(CCN3CCC(C(=O)O)CC3)NC(=O)c3nc4cc5c(nc4s3)CC[C@H](C(C)(C)C)C5)c2)C1. The number of likely N-dealkylation sites (N-methyl/N-ethyl adjacent to an activating group) is 1. The number of fused-ring (bicyclic) bond motifs is 2. The first kappa shape index (κ1) is 33.5. The number of aryl methyl sites for hydroxylation is 1. The number of aromatic nitrogens is 2. The second-order valence-electron chi connectivity index (χ2n) is 14.9. The van der Waals surface area contributed by atoms with E-state index >= 15 is 0 Å². The first-order valence-electron chi connectivity index (χ1n) is 17.1. The van der Waals surface area contributed by atoms with Gasteiger partial charge in [-0.05, 0) is 112 Å². The van der Waals surface area contributed by atoms with Crippen molar-refractivity contribution in [1.82, 2.24) is 30.4 Å². The molecule has 1 aromatic carbocycles. The Balaban J connectivity index is 1.20. The van der Waals surface area contributed by atoms with Crippen LogP contribution < -0.4 is 10.6 Å². The minimum Gasteiger partial charge on any atom is -0.481 e. The third-order valence-electron chi connectivity index (χ3n) is 10.4. The highest BCUT2D eigenvalue weighted by Gasteiger charge is 2.31. The van der Waals surface area contributed by atoms with Gasteiger partial charge in [-0.3, -0.25) is 14.4 Å². The maximum atomic E-state index is 13.8. The quantitative estimate of drug-likeness (QED) is 0.295. The van der Waals surface area contributed by atoms with Crippen LogP contribution in [0.1, 0.15) is 95.9 Å². The van der Waals surface area contributed by atoms with Crippen LogP contribution in [0.5, 0.6) is 0 Å². The number of piperidine rings is 1. The van der Waals surface area contributed by atoms with Crippen LogP contribution in [0, 0.1) is 17.3 Å². The number of nitrogens with one attached hydrogen (secondary N) is 2. The van der Waals surface area contributed by atoms with Crippen LogP contribution in [0.4, 0.5) is 0 Å². The van der Waals surface area contributed by atoms with Gasteiger partial charge < -0.3 is 25.5 Å². The van der Waals surface area contributed by atoms with E-state index in [0.29, 0.717) is 55.4 Å². The first-order chi connectivity index (χ1) is 22.4. The summed E-state index contributed by atoms with van der Waals surface area (Å²) in [5.74, 6) is -0.799. The van der Waals surface area contributed by atoms with Crippen molar-refractivity contribution in [2.45, 2.75) is 77.8 Å². The summed E-state index contributed by atoms with van der Waals surface area (Å²) in [6.45, 7) is 10.8. The second kappa shape index (κ2) is 14.0. The number of nitrogens with zero attached hydrogens (tertiary/aromatic N) is 4. The van der Waals surface area contributed by atoms with Crippen LogP contribution >= 0.6 is 11.3 Å². The Morgan fingerprint density at radius 2 is 1.83 bits per heavy atom. The molecule has 0 saturated carbocycles. The minimum absolute atomic E-state index is 0.108. The van der Waals surface area contributed by atoms with Gasteiger partial charge in [0.15, 0.2) is 5.01 Å². The molecule has 2 fully saturated rings. The molecule has 3 aromatic rings. The molecule has 2 amide bonds. The molecule has 0 bridgehead atoms. The number of hydrogen-bond acceptors (Lipinski definition) is 8. The number of carbonyl (C=O) groups excluding carboxylic acids is 2. The number of rotatable bonds is 9. The zero-order chi connectivity index (χ0) is 33.3. The van der Waals surface area contributed by atoms with E-state index in [1.165, 1.54) is 16.9 Å². The molecule has 11 heteroatoms. The average molecular weight is 661 g/mol. The summed E-state index contributed by atoms with van der Waals surface area (Å²) in [4.78, 5) is 53.4. The van der Waals surface area contributed by atoms with Crippen LogP contribution in [0.15, 0.2) is 30.3 Å². The number of benzene rings is 1. The highest BCUT2D eigenvalue weighted by atomic mass is 32.1. The van der Waals surface area contributed by atoms with Crippen LogP contribution in [0.2, 0.25) is 0 Å². The fourth-order valence-corrected chi connectivity index (χ4v) is 8.17. The molecule has 0 radical (unpaired) electrons. The number of carboxylic acids is 1. The fraction of sp³-hybridized carbons (Fsp3) is 0.583. The van der Waals surface area contributed by atoms with Gasteiger partial charge in [-0.25, -0.2) is 9.97 Å². The topological polar surface area (TPSA) is 128 Å². The predicted octanol–water partition coefficient (Wildman–Crippen LogP) is 4.93. The number of carboxylic acid groups (broad SMARTS) is 1. The van der Waals surface area contributed by atoms with E-state index in [0.717, 1.165) is 60.4 Å². The molecule has 252 valence electrons. The molecule has 6 rings (SSSR count). The van der Waals surface area contributed by atoms with E-state index in [4.69, 9.17) is 9.97 Å². The van der Waals surface area contributed by atoms with Gasteiger partial charge in [0.25, 0.3) is 11.8 Å².